The predicted molar refractivity (Wildman–Crippen MR) is 99.1 cm³/mol. The van der Waals surface area contributed by atoms with E-state index in [1.165, 1.54) is 22.3 Å². The van der Waals surface area contributed by atoms with E-state index in [0.717, 1.165) is 6.20 Å². The highest BCUT2D eigenvalue weighted by Gasteiger charge is 2.29. The zero-order chi connectivity index (χ0) is 19.0. The van der Waals surface area contributed by atoms with Crippen LogP contribution in [-0.2, 0) is 0 Å². The summed E-state index contributed by atoms with van der Waals surface area (Å²) < 4.78 is 27.6. The second-order valence-corrected chi connectivity index (χ2v) is 7.39. The second kappa shape index (κ2) is 7.15. The van der Waals surface area contributed by atoms with Crippen LogP contribution in [0.25, 0.3) is 10.2 Å². The van der Waals surface area contributed by atoms with E-state index in [1.807, 2.05) is 12.3 Å². The van der Waals surface area contributed by atoms with Gasteiger partial charge < -0.3 is 10.2 Å². The lowest BCUT2D eigenvalue weighted by Crippen LogP contribution is -2.30. The minimum absolute atomic E-state index is 0.0871. The van der Waals surface area contributed by atoms with Gasteiger partial charge in [-0.3, -0.25) is 9.78 Å². The first-order valence-electron chi connectivity index (χ1n) is 8.57. The maximum absolute atomic E-state index is 13.5. The molecule has 27 heavy (non-hydrogen) atoms. The number of carbonyl (C=O) groups excluding carboxylic acids is 1. The van der Waals surface area contributed by atoms with Crippen molar-refractivity contribution in [2.45, 2.75) is 25.6 Å². The molecule has 6 nitrogen and oxygen atoms in total. The highest BCUT2D eigenvalue weighted by atomic mass is 32.1. The van der Waals surface area contributed by atoms with Gasteiger partial charge in [-0.25, -0.2) is 18.7 Å². The lowest BCUT2D eigenvalue weighted by Gasteiger charge is -2.17. The van der Waals surface area contributed by atoms with E-state index < -0.39 is 12.0 Å². The molecular weight excluding hydrogens is 372 g/mol. The molecule has 140 valence electrons. The number of aromatic nitrogens is 3. The molecule has 3 aromatic rings. The summed E-state index contributed by atoms with van der Waals surface area (Å²) in [5.41, 5.74) is 1.54. The smallest absolute Gasteiger partial charge is 0.274 e. The quantitative estimate of drug-likeness (QED) is 0.739. The Morgan fingerprint density at radius 2 is 2.26 bits per heavy atom. The van der Waals surface area contributed by atoms with Crippen molar-refractivity contribution in [3.63, 3.8) is 0 Å². The molecule has 0 saturated carbocycles. The van der Waals surface area contributed by atoms with Gasteiger partial charge >= 0.3 is 0 Å². The fraction of sp³-hybridized carbons (Fsp3) is 0.333. The summed E-state index contributed by atoms with van der Waals surface area (Å²) >= 11 is 1.37. The first kappa shape index (κ1) is 17.7. The summed E-state index contributed by atoms with van der Waals surface area (Å²) in [6.45, 7) is 2.29. The number of likely N-dealkylation sites (tertiary alicyclic amines) is 1. The van der Waals surface area contributed by atoms with Gasteiger partial charge in [0.15, 0.2) is 5.69 Å². The SMILES string of the molecule is C[C@H](Nc1nc(C(=O)N2CC[C@@H](F)C2)c2sccc2n1)c1cncc(F)c1. The van der Waals surface area contributed by atoms with Gasteiger partial charge in [0.1, 0.15) is 12.0 Å². The van der Waals surface area contributed by atoms with Crippen LogP contribution in [0.2, 0.25) is 0 Å². The Morgan fingerprint density at radius 1 is 1.41 bits per heavy atom. The number of amides is 1. The Morgan fingerprint density at radius 3 is 3.00 bits per heavy atom. The summed E-state index contributed by atoms with van der Waals surface area (Å²) in [6, 6.07) is 2.88. The average molecular weight is 389 g/mol. The standard InChI is InChI=1S/C18H17F2N5OS/c1-10(11-6-13(20)8-21-7-11)22-18-23-14-3-5-27-16(14)15(24-18)17(26)25-4-2-12(19)9-25/h3,5-8,10,12H,2,4,9H2,1H3,(H,22,23,24)/t10-,12+/m0/s1. The zero-order valence-corrected chi connectivity index (χ0v) is 15.3. The molecule has 0 unspecified atom stereocenters. The van der Waals surface area contributed by atoms with Crippen molar-refractivity contribution in [2.24, 2.45) is 0 Å². The number of halogens is 2. The highest BCUT2D eigenvalue weighted by molar-refractivity contribution is 7.17. The number of hydrogen-bond donors (Lipinski definition) is 1. The molecule has 9 heteroatoms. The van der Waals surface area contributed by atoms with E-state index in [9.17, 15) is 13.6 Å². The first-order chi connectivity index (χ1) is 13.0. The van der Waals surface area contributed by atoms with E-state index in [0.29, 0.717) is 28.7 Å². The van der Waals surface area contributed by atoms with E-state index in [2.05, 4.69) is 20.3 Å². The van der Waals surface area contributed by atoms with Crippen LogP contribution in [0.3, 0.4) is 0 Å². The Hall–Kier alpha value is -2.68. The normalized spacial score (nSPS) is 18.0. The molecule has 4 rings (SSSR count). The molecule has 1 aliphatic heterocycles. The second-order valence-electron chi connectivity index (χ2n) is 6.47. The van der Waals surface area contributed by atoms with Crippen molar-refractivity contribution in [1.82, 2.24) is 19.9 Å². The fourth-order valence-electron chi connectivity index (χ4n) is 3.07. The molecule has 4 heterocycles. The zero-order valence-electron chi connectivity index (χ0n) is 14.5. The number of rotatable bonds is 4. The van der Waals surface area contributed by atoms with Gasteiger partial charge in [0.2, 0.25) is 5.95 Å². The molecule has 1 N–H and O–H groups in total. The van der Waals surface area contributed by atoms with Crippen molar-refractivity contribution in [1.29, 1.82) is 0 Å². The van der Waals surface area contributed by atoms with Crippen LogP contribution in [0.15, 0.2) is 29.9 Å². The van der Waals surface area contributed by atoms with Crippen LogP contribution in [-0.4, -0.2) is 45.0 Å². The molecule has 1 aliphatic rings. The van der Waals surface area contributed by atoms with Gasteiger partial charge in [0, 0.05) is 12.7 Å². The van der Waals surface area contributed by atoms with Crippen LogP contribution < -0.4 is 5.32 Å². The van der Waals surface area contributed by atoms with Gasteiger partial charge in [0.25, 0.3) is 5.91 Å². The number of pyridine rings is 1. The van der Waals surface area contributed by atoms with Crippen LogP contribution >= 0.6 is 11.3 Å². The summed E-state index contributed by atoms with van der Waals surface area (Å²) in [4.78, 5) is 27.0. The first-order valence-corrected chi connectivity index (χ1v) is 9.45. The third-order valence-electron chi connectivity index (χ3n) is 4.50. The third kappa shape index (κ3) is 3.59. The number of carbonyl (C=O) groups is 1. The Bertz CT molecular complexity index is 995. The summed E-state index contributed by atoms with van der Waals surface area (Å²) in [6.07, 6.45) is 2.04. The molecule has 3 aromatic heterocycles. The van der Waals surface area contributed by atoms with E-state index >= 15 is 0 Å². The van der Waals surface area contributed by atoms with Gasteiger partial charge in [-0.05, 0) is 36.4 Å². The Kier molecular flexibility index (Phi) is 4.69. The van der Waals surface area contributed by atoms with Crippen LogP contribution in [0.5, 0.6) is 0 Å². The van der Waals surface area contributed by atoms with Crippen molar-refractivity contribution < 1.29 is 13.6 Å². The number of nitrogens with zero attached hydrogens (tertiary/aromatic N) is 4. The molecule has 2 atom stereocenters. The number of anilines is 1. The lowest BCUT2D eigenvalue weighted by atomic mass is 10.1. The Balaban J connectivity index is 1.65. The molecule has 0 bridgehead atoms. The molecule has 0 aromatic carbocycles. The maximum atomic E-state index is 13.5. The average Bonchev–Trinajstić information content (AvgIpc) is 3.29. The van der Waals surface area contributed by atoms with E-state index in [1.54, 1.807) is 12.3 Å². The van der Waals surface area contributed by atoms with Gasteiger partial charge in [-0.2, -0.15) is 0 Å². The molecular formula is C18H17F2N5OS. The molecule has 1 fully saturated rings. The molecule has 0 radical (unpaired) electrons. The van der Waals surface area contributed by atoms with Crippen molar-refractivity contribution in [2.75, 3.05) is 18.4 Å². The van der Waals surface area contributed by atoms with Gasteiger partial charge in [-0.15, -0.1) is 11.3 Å². The summed E-state index contributed by atoms with van der Waals surface area (Å²) in [7, 11) is 0. The minimum atomic E-state index is -0.993. The molecule has 1 amide bonds. The van der Waals surface area contributed by atoms with Crippen LogP contribution in [0, 0.1) is 5.82 Å². The van der Waals surface area contributed by atoms with Crippen molar-refractivity contribution in [3.8, 4) is 0 Å². The van der Waals surface area contributed by atoms with Gasteiger partial charge in [-0.1, -0.05) is 0 Å². The predicted octanol–water partition coefficient (Wildman–Crippen LogP) is 3.58. The number of alkyl halides is 1. The third-order valence-corrected chi connectivity index (χ3v) is 5.41. The van der Waals surface area contributed by atoms with Gasteiger partial charge in [0.05, 0.1) is 29.0 Å². The highest BCUT2D eigenvalue weighted by Crippen LogP contribution is 2.27. The number of hydrogen-bond acceptors (Lipinski definition) is 6. The van der Waals surface area contributed by atoms with Crippen LogP contribution in [0.4, 0.5) is 14.7 Å². The lowest BCUT2D eigenvalue weighted by molar-refractivity contribution is 0.0779. The Labute approximate surface area is 158 Å². The topological polar surface area (TPSA) is 71.0 Å². The monoisotopic (exact) mass is 389 g/mol. The number of nitrogens with one attached hydrogen (secondary N) is 1. The van der Waals surface area contributed by atoms with Crippen molar-refractivity contribution >= 4 is 33.4 Å². The van der Waals surface area contributed by atoms with Crippen LogP contribution in [0.1, 0.15) is 35.4 Å². The van der Waals surface area contributed by atoms with E-state index in [-0.39, 0.29) is 30.1 Å². The summed E-state index contributed by atoms with van der Waals surface area (Å²) in [5.74, 6) is -0.467. The van der Waals surface area contributed by atoms with Crippen molar-refractivity contribution in [3.05, 3.63) is 47.0 Å². The largest absolute Gasteiger partial charge is 0.348 e. The van der Waals surface area contributed by atoms with E-state index in [4.69, 9.17) is 0 Å². The summed E-state index contributed by atoms with van der Waals surface area (Å²) in [5, 5.41) is 4.93. The molecule has 0 aliphatic carbocycles. The minimum Gasteiger partial charge on any atom is -0.348 e. The molecule has 0 spiro atoms. The maximum Gasteiger partial charge on any atom is 0.274 e. The number of fused-ring (bicyclic) bond motifs is 1. The fourth-order valence-corrected chi connectivity index (χ4v) is 3.88. The molecule has 1 saturated heterocycles. The number of thiophene rings is 1.